The molecule has 3 rings (SSSR count). The Hall–Kier alpha value is -2.33. The van der Waals surface area contributed by atoms with E-state index in [1.54, 1.807) is 13.2 Å². The minimum atomic E-state index is 0.00532. The predicted octanol–water partition coefficient (Wildman–Crippen LogP) is 4.58. The fourth-order valence-electron chi connectivity index (χ4n) is 3.06. The molecule has 1 fully saturated rings. The molecule has 1 saturated heterocycles. The highest BCUT2D eigenvalue weighted by Crippen LogP contribution is 2.30. The van der Waals surface area contributed by atoms with Crippen molar-refractivity contribution in [1.82, 2.24) is 10.3 Å². The number of ether oxygens (including phenoxy) is 1. The van der Waals surface area contributed by atoms with Crippen molar-refractivity contribution < 1.29 is 9.53 Å². The number of methoxy groups -OCH3 is 1. The lowest BCUT2D eigenvalue weighted by Crippen LogP contribution is -2.23. The highest BCUT2D eigenvalue weighted by atomic mass is 35.5. The minimum Gasteiger partial charge on any atom is -0.480 e. The summed E-state index contributed by atoms with van der Waals surface area (Å²) >= 11 is 6.13. The lowest BCUT2D eigenvalue weighted by molar-refractivity contribution is -0.119. The van der Waals surface area contributed by atoms with Crippen molar-refractivity contribution in [2.45, 2.75) is 38.6 Å². The number of aromatic nitrogens is 1. The maximum Gasteiger partial charge on any atom is 0.232 e. The normalized spacial score (nSPS) is 17.5. The average molecular weight is 371 g/mol. The maximum atomic E-state index is 11.6. The Morgan fingerprint density at radius 1 is 1.27 bits per heavy atom. The molecule has 136 valence electrons. The van der Waals surface area contributed by atoms with Gasteiger partial charge in [-0.25, -0.2) is 4.98 Å². The first-order chi connectivity index (χ1) is 12.5. The van der Waals surface area contributed by atoms with Crippen LogP contribution in [0.4, 0.5) is 0 Å². The quantitative estimate of drug-likeness (QED) is 0.838. The van der Waals surface area contributed by atoms with Gasteiger partial charge in [-0.15, -0.1) is 0 Å². The lowest BCUT2D eigenvalue weighted by Gasteiger charge is -2.14. The molecule has 1 aromatic heterocycles. The molecular weight excluding hydrogens is 348 g/mol. The van der Waals surface area contributed by atoms with Crippen molar-refractivity contribution in [2.24, 2.45) is 0 Å². The molecule has 1 N–H and O–H groups in total. The van der Waals surface area contributed by atoms with E-state index in [2.05, 4.69) is 54.5 Å². The van der Waals surface area contributed by atoms with E-state index >= 15 is 0 Å². The van der Waals surface area contributed by atoms with Crippen LogP contribution < -0.4 is 10.1 Å². The van der Waals surface area contributed by atoms with Crippen molar-refractivity contribution in [2.75, 3.05) is 7.11 Å². The van der Waals surface area contributed by atoms with Crippen LogP contribution in [0.5, 0.6) is 5.88 Å². The van der Waals surface area contributed by atoms with Gasteiger partial charge in [-0.2, -0.15) is 0 Å². The predicted molar refractivity (Wildman–Crippen MR) is 105 cm³/mol. The van der Waals surface area contributed by atoms with Crippen LogP contribution in [-0.2, 0) is 4.79 Å². The van der Waals surface area contributed by atoms with Crippen molar-refractivity contribution in [3.63, 3.8) is 0 Å². The van der Waals surface area contributed by atoms with Gasteiger partial charge in [0.05, 0.1) is 12.8 Å². The number of carbonyl (C=O) groups is 1. The van der Waals surface area contributed by atoms with E-state index in [-0.39, 0.29) is 11.9 Å². The zero-order chi connectivity index (χ0) is 18.7. The second-order valence-corrected chi connectivity index (χ2v) is 7.16. The maximum absolute atomic E-state index is 11.6. The summed E-state index contributed by atoms with van der Waals surface area (Å²) in [6.45, 7) is 4.34. The molecule has 4 nitrogen and oxygen atoms in total. The van der Waals surface area contributed by atoms with Crippen LogP contribution in [0.25, 0.3) is 5.57 Å². The largest absolute Gasteiger partial charge is 0.480 e. The molecule has 1 aromatic carbocycles. The van der Waals surface area contributed by atoms with Gasteiger partial charge in [0, 0.05) is 18.0 Å². The van der Waals surface area contributed by atoms with E-state index in [0.717, 1.165) is 23.3 Å². The fourth-order valence-corrected chi connectivity index (χ4v) is 3.24. The van der Waals surface area contributed by atoms with Crippen molar-refractivity contribution in [1.29, 1.82) is 0 Å². The van der Waals surface area contributed by atoms with E-state index in [1.807, 2.05) is 6.07 Å². The number of nitrogens with zero attached hydrogens (tertiary/aromatic N) is 1. The first-order valence-electron chi connectivity index (χ1n) is 8.80. The number of pyridine rings is 1. The van der Waals surface area contributed by atoms with Gasteiger partial charge in [0.25, 0.3) is 0 Å². The zero-order valence-electron chi connectivity index (χ0n) is 15.3. The second kappa shape index (κ2) is 7.92. The molecule has 0 aliphatic carbocycles. The van der Waals surface area contributed by atoms with Crippen LogP contribution >= 0.6 is 11.6 Å². The highest BCUT2D eigenvalue weighted by molar-refractivity contribution is 6.31. The zero-order valence-corrected chi connectivity index (χ0v) is 16.0. The number of benzene rings is 1. The van der Waals surface area contributed by atoms with E-state index < -0.39 is 0 Å². The molecule has 0 radical (unpaired) electrons. The van der Waals surface area contributed by atoms with Gasteiger partial charge in [0.2, 0.25) is 11.8 Å². The lowest BCUT2D eigenvalue weighted by atomic mass is 9.95. The number of nitrogens with one attached hydrogen (secondary N) is 1. The van der Waals surface area contributed by atoms with Crippen LogP contribution in [0.3, 0.4) is 0 Å². The molecule has 0 bridgehead atoms. The van der Waals surface area contributed by atoms with Crippen LogP contribution in [0, 0.1) is 0 Å². The van der Waals surface area contributed by atoms with E-state index in [1.165, 1.54) is 5.56 Å². The molecular formula is C21H23ClN2O2. The molecule has 1 amide bonds. The van der Waals surface area contributed by atoms with Crippen molar-refractivity contribution >= 4 is 23.1 Å². The number of hydrogen-bond acceptors (Lipinski definition) is 3. The van der Waals surface area contributed by atoms with Crippen LogP contribution in [0.2, 0.25) is 5.02 Å². The van der Waals surface area contributed by atoms with Gasteiger partial charge < -0.3 is 10.1 Å². The van der Waals surface area contributed by atoms with Gasteiger partial charge in [0.1, 0.15) is 5.02 Å². The molecule has 5 heteroatoms. The summed E-state index contributed by atoms with van der Waals surface area (Å²) in [6.07, 6.45) is 3.42. The summed E-state index contributed by atoms with van der Waals surface area (Å²) in [5.74, 6) is 0.950. The molecule has 1 atom stereocenters. The minimum absolute atomic E-state index is 0.00532. The van der Waals surface area contributed by atoms with Crippen LogP contribution in [0.15, 0.2) is 42.5 Å². The number of carbonyl (C=O) groups excluding carboxylic acids is 1. The molecule has 1 aliphatic heterocycles. The number of halogens is 1. The SMILES string of the molecule is COc1nc(C(=C[C@H]2CCC(=O)N2)c2ccc(C(C)C)cc2)ccc1Cl. The number of rotatable bonds is 5. The molecule has 2 aromatic rings. The first kappa shape index (κ1) is 18.5. The van der Waals surface area contributed by atoms with E-state index in [4.69, 9.17) is 16.3 Å². The Balaban J connectivity index is 2.04. The average Bonchev–Trinajstić information content (AvgIpc) is 3.05. The molecule has 0 spiro atoms. The Morgan fingerprint density at radius 3 is 2.58 bits per heavy atom. The molecule has 1 aliphatic rings. The Kier molecular flexibility index (Phi) is 5.62. The Bertz CT molecular complexity index is 828. The summed E-state index contributed by atoms with van der Waals surface area (Å²) in [5.41, 5.74) is 4.06. The van der Waals surface area contributed by atoms with Gasteiger partial charge in [0.15, 0.2) is 0 Å². The fraction of sp³-hybridized carbons (Fsp3) is 0.333. The summed E-state index contributed by atoms with van der Waals surface area (Å²) in [6, 6.07) is 12.1. The second-order valence-electron chi connectivity index (χ2n) is 6.76. The standard InChI is InChI=1S/C21H23ClN2O2/c1-13(2)14-4-6-15(7-5-14)17(12-16-8-11-20(25)23-16)19-10-9-18(22)21(24-19)26-3/h4-7,9-10,12-13,16H,8,11H2,1-3H3,(H,23,25)/t16-/m1/s1. The molecule has 0 unspecified atom stereocenters. The van der Waals surface area contributed by atoms with Crippen molar-refractivity contribution in [3.8, 4) is 5.88 Å². The van der Waals surface area contributed by atoms with Crippen molar-refractivity contribution in [3.05, 3.63) is 64.3 Å². The smallest absolute Gasteiger partial charge is 0.232 e. The molecule has 0 saturated carbocycles. The molecule has 2 heterocycles. The van der Waals surface area contributed by atoms with Gasteiger partial charge in [-0.1, -0.05) is 55.8 Å². The van der Waals surface area contributed by atoms with Gasteiger partial charge >= 0.3 is 0 Å². The first-order valence-corrected chi connectivity index (χ1v) is 9.18. The van der Waals surface area contributed by atoms with E-state index in [0.29, 0.717) is 23.2 Å². The summed E-state index contributed by atoms with van der Waals surface area (Å²) in [4.78, 5) is 16.1. The number of amides is 1. The van der Waals surface area contributed by atoms with Crippen LogP contribution in [-0.4, -0.2) is 24.0 Å². The highest BCUT2D eigenvalue weighted by Gasteiger charge is 2.21. The summed E-state index contributed by atoms with van der Waals surface area (Å²) < 4.78 is 5.27. The Labute approximate surface area is 159 Å². The van der Waals surface area contributed by atoms with E-state index in [9.17, 15) is 4.79 Å². The third kappa shape index (κ3) is 4.07. The van der Waals surface area contributed by atoms with Gasteiger partial charge in [-0.05, 0) is 35.6 Å². The van der Waals surface area contributed by atoms with Gasteiger partial charge in [-0.3, -0.25) is 4.79 Å². The summed E-state index contributed by atoms with van der Waals surface area (Å²) in [5, 5.41) is 3.47. The molecule has 26 heavy (non-hydrogen) atoms. The Morgan fingerprint density at radius 2 is 2.00 bits per heavy atom. The third-order valence-electron chi connectivity index (χ3n) is 4.57. The monoisotopic (exact) mass is 370 g/mol. The van der Waals surface area contributed by atoms with Crippen LogP contribution in [0.1, 0.15) is 49.4 Å². The number of hydrogen-bond donors (Lipinski definition) is 1. The topological polar surface area (TPSA) is 51.2 Å². The third-order valence-corrected chi connectivity index (χ3v) is 4.86. The summed E-state index contributed by atoms with van der Waals surface area (Å²) in [7, 11) is 1.55.